The van der Waals surface area contributed by atoms with Crippen molar-refractivity contribution in [1.29, 1.82) is 0 Å². The van der Waals surface area contributed by atoms with E-state index in [1.807, 2.05) is 12.1 Å². The third-order valence-electron chi connectivity index (χ3n) is 3.99. The molecule has 0 aliphatic carbocycles. The summed E-state index contributed by atoms with van der Waals surface area (Å²) < 4.78 is 5.69. The fourth-order valence-corrected chi connectivity index (χ4v) is 3.06. The van der Waals surface area contributed by atoms with Gasteiger partial charge in [-0.3, -0.25) is 0 Å². The van der Waals surface area contributed by atoms with Crippen LogP contribution in [0.15, 0.2) is 24.3 Å². The van der Waals surface area contributed by atoms with Crippen molar-refractivity contribution in [2.75, 3.05) is 13.2 Å². The molecule has 0 amide bonds. The van der Waals surface area contributed by atoms with E-state index in [4.69, 9.17) is 16.3 Å². The van der Waals surface area contributed by atoms with Crippen molar-refractivity contribution >= 4 is 11.6 Å². The molecule has 0 radical (unpaired) electrons. The van der Waals surface area contributed by atoms with Crippen molar-refractivity contribution in [3.8, 4) is 0 Å². The zero-order valence-corrected chi connectivity index (χ0v) is 13.2. The van der Waals surface area contributed by atoms with Crippen LogP contribution < -0.4 is 5.32 Å². The van der Waals surface area contributed by atoms with Gasteiger partial charge < -0.3 is 10.1 Å². The van der Waals surface area contributed by atoms with Crippen LogP contribution in [0.4, 0.5) is 0 Å². The van der Waals surface area contributed by atoms with Gasteiger partial charge in [-0.2, -0.15) is 0 Å². The van der Waals surface area contributed by atoms with Gasteiger partial charge in [-0.05, 0) is 62.8 Å². The fourth-order valence-electron chi connectivity index (χ4n) is 2.93. The number of halogens is 1. The maximum atomic E-state index is 5.94. The van der Waals surface area contributed by atoms with Gasteiger partial charge in [0, 0.05) is 17.7 Å². The van der Waals surface area contributed by atoms with Gasteiger partial charge in [0.1, 0.15) is 0 Å². The summed E-state index contributed by atoms with van der Waals surface area (Å²) in [6.45, 7) is 4.17. The first-order valence-corrected chi connectivity index (χ1v) is 8.25. The van der Waals surface area contributed by atoms with Crippen molar-refractivity contribution in [1.82, 2.24) is 5.32 Å². The first-order chi connectivity index (χ1) is 9.78. The molecule has 1 aliphatic heterocycles. The summed E-state index contributed by atoms with van der Waals surface area (Å²) in [5.41, 5.74) is 1.36. The fraction of sp³-hybridized carbons (Fsp3) is 0.647. The molecule has 2 nitrogen and oxygen atoms in total. The third kappa shape index (κ3) is 5.43. The summed E-state index contributed by atoms with van der Waals surface area (Å²) in [7, 11) is 0. The Balaban J connectivity index is 1.75. The monoisotopic (exact) mass is 295 g/mol. The van der Waals surface area contributed by atoms with Gasteiger partial charge >= 0.3 is 0 Å². The quantitative estimate of drug-likeness (QED) is 0.776. The molecule has 1 N–H and O–H groups in total. The van der Waals surface area contributed by atoms with Gasteiger partial charge in [0.25, 0.3) is 0 Å². The Labute approximate surface area is 127 Å². The first kappa shape index (κ1) is 15.8. The zero-order chi connectivity index (χ0) is 14.2. The third-order valence-corrected chi connectivity index (χ3v) is 4.24. The van der Waals surface area contributed by atoms with E-state index in [1.54, 1.807) is 0 Å². The van der Waals surface area contributed by atoms with E-state index in [2.05, 4.69) is 24.4 Å². The van der Waals surface area contributed by atoms with Crippen molar-refractivity contribution in [3.63, 3.8) is 0 Å². The molecule has 0 aromatic heterocycles. The second kappa shape index (κ2) is 8.66. The van der Waals surface area contributed by atoms with Gasteiger partial charge in [0.2, 0.25) is 0 Å². The minimum absolute atomic E-state index is 0.521. The molecule has 2 rings (SSSR count). The average Bonchev–Trinajstić information content (AvgIpc) is 2.95. The van der Waals surface area contributed by atoms with E-state index < -0.39 is 0 Å². The molecule has 1 fully saturated rings. The van der Waals surface area contributed by atoms with Crippen LogP contribution in [-0.4, -0.2) is 25.3 Å². The molecule has 2 unspecified atom stereocenters. The molecule has 0 bridgehead atoms. The molecule has 0 spiro atoms. The SMILES string of the molecule is CCNC(CCCC1CCCO1)Cc1ccc(Cl)cc1. The lowest BCUT2D eigenvalue weighted by molar-refractivity contribution is 0.101. The second-order valence-corrected chi connectivity index (χ2v) is 6.09. The Morgan fingerprint density at radius 3 is 2.80 bits per heavy atom. The van der Waals surface area contributed by atoms with Crippen molar-refractivity contribution in [2.24, 2.45) is 0 Å². The molecule has 2 atom stereocenters. The van der Waals surface area contributed by atoms with Crippen molar-refractivity contribution < 1.29 is 4.74 Å². The van der Waals surface area contributed by atoms with Crippen LogP contribution in [0.3, 0.4) is 0 Å². The Bertz CT molecular complexity index is 373. The van der Waals surface area contributed by atoms with Crippen LogP contribution in [0, 0.1) is 0 Å². The van der Waals surface area contributed by atoms with E-state index in [0.29, 0.717) is 12.1 Å². The van der Waals surface area contributed by atoms with Crippen molar-refractivity contribution in [3.05, 3.63) is 34.9 Å². The molecule has 1 saturated heterocycles. The number of rotatable bonds is 8. The standard InChI is InChI=1S/C17H26ClNO/c1-2-19-16(5-3-6-17-7-4-12-20-17)13-14-8-10-15(18)11-9-14/h8-11,16-17,19H,2-7,12-13H2,1H3. The number of benzene rings is 1. The zero-order valence-electron chi connectivity index (χ0n) is 12.4. The summed E-state index contributed by atoms with van der Waals surface area (Å²) >= 11 is 5.94. The van der Waals surface area contributed by atoms with Gasteiger partial charge in [0.05, 0.1) is 6.10 Å². The topological polar surface area (TPSA) is 21.3 Å². The molecule has 1 heterocycles. The molecule has 1 aromatic rings. The minimum atomic E-state index is 0.521. The number of ether oxygens (including phenoxy) is 1. The molecule has 20 heavy (non-hydrogen) atoms. The maximum Gasteiger partial charge on any atom is 0.0576 e. The van der Waals surface area contributed by atoms with Crippen LogP contribution in [-0.2, 0) is 11.2 Å². The Morgan fingerprint density at radius 1 is 1.35 bits per heavy atom. The van der Waals surface area contributed by atoms with E-state index in [0.717, 1.165) is 24.6 Å². The number of hydrogen-bond acceptors (Lipinski definition) is 2. The predicted octanol–water partition coefficient (Wildman–Crippen LogP) is 4.21. The summed E-state index contributed by atoms with van der Waals surface area (Å²) in [6, 6.07) is 8.78. The normalized spacial score (nSPS) is 20.2. The lowest BCUT2D eigenvalue weighted by atomic mass is 9.99. The number of likely N-dealkylation sites (N-methyl/N-ethyl adjacent to an activating group) is 1. The molecule has 3 heteroatoms. The van der Waals surface area contributed by atoms with E-state index >= 15 is 0 Å². The maximum absolute atomic E-state index is 5.94. The summed E-state index contributed by atoms with van der Waals surface area (Å²) in [5, 5.41) is 4.41. The largest absolute Gasteiger partial charge is 0.378 e. The van der Waals surface area contributed by atoms with E-state index in [1.165, 1.54) is 37.7 Å². The molecular formula is C17H26ClNO. The van der Waals surface area contributed by atoms with Gasteiger partial charge in [0.15, 0.2) is 0 Å². The minimum Gasteiger partial charge on any atom is -0.378 e. The molecule has 1 aromatic carbocycles. The lowest BCUT2D eigenvalue weighted by Crippen LogP contribution is -2.31. The summed E-state index contributed by atoms with van der Waals surface area (Å²) in [5.74, 6) is 0. The van der Waals surface area contributed by atoms with Gasteiger partial charge in [-0.25, -0.2) is 0 Å². The molecular weight excluding hydrogens is 270 g/mol. The predicted molar refractivity (Wildman–Crippen MR) is 85.4 cm³/mol. The molecule has 112 valence electrons. The molecule has 0 saturated carbocycles. The molecule has 1 aliphatic rings. The highest BCUT2D eigenvalue weighted by atomic mass is 35.5. The Hall–Kier alpha value is -0.570. The van der Waals surface area contributed by atoms with Crippen LogP contribution >= 0.6 is 11.6 Å². The van der Waals surface area contributed by atoms with Crippen molar-refractivity contribution in [2.45, 2.75) is 57.6 Å². The van der Waals surface area contributed by atoms with Crippen LogP contribution in [0.5, 0.6) is 0 Å². The highest BCUT2D eigenvalue weighted by Crippen LogP contribution is 2.19. The van der Waals surface area contributed by atoms with E-state index in [9.17, 15) is 0 Å². The van der Waals surface area contributed by atoms with Gasteiger partial charge in [-0.15, -0.1) is 0 Å². The lowest BCUT2D eigenvalue weighted by Gasteiger charge is -2.19. The summed E-state index contributed by atoms with van der Waals surface area (Å²) in [4.78, 5) is 0. The van der Waals surface area contributed by atoms with Crippen LogP contribution in [0.25, 0.3) is 0 Å². The second-order valence-electron chi connectivity index (χ2n) is 5.65. The van der Waals surface area contributed by atoms with Gasteiger partial charge in [-0.1, -0.05) is 30.7 Å². The average molecular weight is 296 g/mol. The van der Waals surface area contributed by atoms with Crippen LogP contribution in [0.2, 0.25) is 5.02 Å². The highest BCUT2D eigenvalue weighted by molar-refractivity contribution is 6.30. The first-order valence-electron chi connectivity index (χ1n) is 7.87. The summed E-state index contributed by atoms with van der Waals surface area (Å²) in [6.07, 6.45) is 7.77. The van der Waals surface area contributed by atoms with E-state index in [-0.39, 0.29) is 0 Å². The highest BCUT2D eigenvalue weighted by Gasteiger charge is 2.16. The Morgan fingerprint density at radius 2 is 2.15 bits per heavy atom. The number of hydrogen-bond donors (Lipinski definition) is 1. The Kier molecular flexibility index (Phi) is 6.85. The smallest absolute Gasteiger partial charge is 0.0576 e. The van der Waals surface area contributed by atoms with Crippen LogP contribution in [0.1, 0.15) is 44.6 Å². The number of nitrogens with one attached hydrogen (secondary N) is 1.